The molecule has 0 spiro atoms. The number of benzene rings is 1. The highest BCUT2D eigenvalue weighted by molar-refractivity contribution is 5.83. The van der Waals surface area contributed by atoms with Crippen LogP contribution in [0.5, 0.6) is 0 Å². The second-order valence-corrected chi connectivity index (χ2v) is 6.58. The molecule has 1 heterocycles. The van der Waals surface area contributed by atoms with Crippen LogP contribution in [-0.2, 0) is 25.6 Å². The summed E-state index contributed by atoms with van der Waals surface area (Å²) in [5.74, 6) is 0.268. The van der Waals surface area contributed by atoms with Crippen LogP contribution in [0, 0.1) is 5.41 Å². The van der Waals surface area contributed by atoms with Crippen molar-refractivity contribution in [1.29, 1.82) is 0 Å². The summed E-state index contributed by atoms with van der Waals surface area (Å²) < 4.78 is 16.8. The fourth-order valence-electron chi connectivity index (χ4n) is 2.60. The number of hydrogen-bond acceptors (Lipinski definition) is 4. The molecule has 2 atom stereocenters. The smallest absolute Gasteiger partial charge is 0.334 e. The lowest BCUT2D eigenvalue weighted by Gasteiger charge is -2.37. The second-order valence-electron chi connectivity index (χ2n) is 6.58. The molecule has 0 fully saturated rings. The highest BCUT2D eigenvalue weighted by atomic mass is 16.6. The number of hydrogen-bond donors (Lipinski definition) is 0. The van der Waals surface area contributed by atoms with Crippen molar-refractivity contribution in [3.05, 3.63) is 47.7 Å². The van der Waals surface area contributed by atoms with Crippen LogP contribution in [0.3, 0.4) is 0 Å². The number of carbonyl (C=O) groups is 1. The third-order valence-corrected chi connectivity index (χ3v) is 3.67. The molecule has 0 N–H and O–H groups in total. The van der Waals surface area contributed by atoms with Crippen LogP contribution in [0.4, 0.5) is 0 Å². The van der Waals surface area contributed by atoms with Gasteiger partial charge in [-0.25, -0.2) is 4.79 Å². The zero-order valence-electron chi connectivity index (χ0n) is 13.7. The maximum Gasteiger partial charge on any atom is 0.334 e. The highest BCUT2D eigenvalue weighted by Gasteiger charge is 2.38. The largest absolute Gasteiger partial charge is 0.501 e. The Hall–Kier alpha value is -1.81. The highest BCUT2D eigenvalue weighted by Crippen LogP contribution is 2.32. The lowest BCUT2D eigenvalue weighted by molar-refractivity contribution is -0.164. The molecule has 0 radical (unpaired) electrons. The average molecular weight is 304 g/mol. The standard InChI is InChI=1S/C18H24O4/c1-18(2,3)17(21-12-13-8-6-5-7-9-13)15-10-14(20-4)11-16(19)22-15/h5-9,11,15,17H,10,12H2,1-4H3/t15-,17-/m1/s1. The zero-order valence-corrected chi connectivity index (χ0v) is 13.7. The summed E-state index contributed by atoms with van der Waals surface area (Å²) in [6, 6.07) is 9.98. The van der Waals surface area contributed by atoms with Crippen molar-refractivity contribution in [1.82, 2.24) is 0 Å². The van der Waals surface area contributed by atoms with E-state index in [0.29, 0.717) is 18.8 Å². The monoisotopic (exact) mass is 304 g/mol. The first-order valence-corrected chi connectivity index (χ1v) is 7.51. The van der Waals surface area contributed by atoms with Gasteiger partial charge in [-0.2, -0.15) is 0 Å². The minimum Gasteiger partial charge on any atom is -0.501 e. The summed E-state index contributed by atoms with van der Waals surface area (Å²) in [5, 5.41) is 0. The average Bonchev–Trinajstić information content (AvgIpc) is 2.46. The first-order valence-electron chi connectivity index (χ1n) is 7.51. The maximum atomic E-state index is 11.7. The Kier molecular flexibility index (Phi) is 5.24. The molecular formula is C18H24O4. The van der Waals surface area contributed by atoms with Crippen LogP contribution in [-0.4, -0.2) is 25.3 Å². The van der Waals surface area contributed by atoms with Crippen molar-refractivity contribution >= 4 is 5.97 Å². The quantitative estimate of drug-likeness (QED) is 0.781. The van der Waals surface area contributed by atoms with Gasteiger partial charge in [0, 0.05) is 6.42 Å². The molecule has 22 heavy (non-hydrogen) atoms. The number of cyclic esters (lactones) is 1. The van der Waals surface area contributed by atoms with Gasteiger partial charge in [-0.3, -0.25) is 0 Å². The van der Waals surface area contributed by atoms with Crippen molar-refractivity contribution in [2.24, 2.45) is 5.41 Å². The number of rotatable bonds is 5. The van der Waals surface area contributed by atoms with Crippen LogP contribution < -0.4 is 0 Å². The Morgan fingerprint density at radius 2 is 1.95 bits per heavy atom. The van der Waals surface area contributed by atoms with Crippen LogP contribution in [0.1, 0.15) is 32.8 Å². The summed E-state index contributed by atoms with van der Waals surface area (Å²) in [4.78, 5) is 11.7. The molecule has 4 nitrogen and oxygen atoms in total. The Morgan fingerprint density at radius 1 is 1.27 bits per heavy atom. The molecule has 0 unspecified atom stereocenters. The van der Waals surface area contributed by atoms with Gasteiger partial charge in [0.05, 0.1) is 19.8 Å². The van der Waals surface area contributed by atoms with Crippen molar-refractivity contribution < 1.29 is 19.0 Å². The molecule has 4 heteroatoms. The normalized spacial score (nSPS) is 20.1. The lowest BCUT2D eigenvalue weighted by Crippen LogP contribution is -2.44. The minimum absolute atomic E-state index is 0.157. The fraction of sp³-hybridized carbons (Fsp3) is 0.500. The topological polar surface area (TPSA) is 44.8 Å². The minimum atomic E-state index is -0.370. The Morgan fingerprint density at radius 3 is 2.55 bits per heavy atom. The van der Waals surface area contributed by atoms with E-state index >= 15 is 0 Å². The Bertz CT molecular complexity index is 528. The molecule has 0 saturated heterocycles. The molecule has 0 aromatic heterocycles. The first kappa shape index (κ1) is 16.6. The zero-order chi connectivity index (χ0) is 16.2. The van der Waals surface area contributed by atoms with E-state index in [1.54, 1.807) is 7.11 Å². The molecule has 1 aromatic rings. The second kappa shape index (κ2) is 6.97. The van der Waals surface area contributed by atoms with Crippen LogP contribution in [0.25, 0.3) is 0 Å². The number of ether oxygens (including phenoxy) is 3. The molecule has 2 rings (SSSR count). The van der Waals surface area contributed by atoms with E-state index < -0.39 is 0 Å². The van der Waals surface area contributed by atoms with E-state index in [1.807, 2.05) is 30.3 Å². The van der Waals surface area contributed by atoms with E-state index in [0.717, 1.165) is 5.56 Å². The van der Waals surface area contributed by atoms with E-state index in [-0.39, 0.29) is 23.6 Å². The van der Waals surface area contributed by atoms with Gasteiger partial charge >= 0.3 is 5.97 Å². The summed E-state index contributed by atoms with van der Waals surface area (Å²) in [5.41, 5.74) is 0.942. The van der Waals surface area contributed by atoms with Gasteiger partial charge in [0.1, 0.15) is 18.0 Å². The van der Waals surface area contributed by atoms with Gasteiger partial charge in [0.2, 0.25) is 0 Å². The molecule has 0 aliphatic carbocycles. The SMILES string of the molecule is COC1=CC(=O)O[C@@H]([C@@H](OCc2ccccc2)C(C)(C)C)C1. The van der Waals surface area contributed by atoms with E-state index in [9.17, 15) is 4.79 Å². The van der Waals surface area contributed by atoms with Gasteiger partial charge in [-0.15, -0.1) is 0 Å². The summed E-state index contributed by atoms with van der Waals surface area (Å²) >= 11 is 0. The van der Waals surface area contributed by atoms with Gasteiger partial charge < -0.3 is 14.2 Å². The predicted octanol–water partition coefficient (Wildman–Crippen LogP) is 3.46. The predicted molar refractivity (Wildman–Crippen MR) is 84.1 cm³/mol. The molecule has 1 aromatic carbocycles. The molecule has 1 aliphatic rings. The molecule has 1 aliphatic heterocycles. The van der Waals surface area contributed by atoms with Crippen LogP contribution in [0.2, 0.25) is 0 Å². The summed E-state index contributed by atoms with van der Waals surface area (Å²) in [6.45, 7) is 6.74. The van der Waals surface area contributed by atoms with Gasteiger partial charge in [0.25, 0.3) is 0 Å². The molecule has 0 amide bonds. The van der Waals surface area contributed by atoms with E-state index in [2.05, 4.69) is 20.8 Å². The van der Waals surface area contributed by atoms with Gasteiger partial charge in [0.15, 0.2) is 0 Å². The first-order chi connectivity index (χ1) is 10.4. The molecule has 0 bridgehead atoms. The van der Waals surface area contributed by atoms with Gasteiger partial charge in [-0.1, -0.05) is 51.1 Å². The third kappa shape index (κ3) is 4.34. The van der Waals surface area contributed by atoms with Crippen LogP contribution in [0.15, 0.2) is 42.2 Å². The lowest BCUT2D eigenvalue weighted by atomic mass is 9.83. The van der Waals surface area contributed by atoms with Crippen molar-refractivity contribution in [2.45, 2.75) is 46.0 Å². The summed E-state index contributed by atoms with van der Waals surface area (Å²) in [6.07, 6.45) is 1.39. The third-order valence-electron chi connectivity index (χ3n) is 3.67. The van der Waals surface area contributed by atoms with Crippen LogP contribution >= 0.6 is 0 Å². The molecular weight excluding hydrogens is 280 g/mol. The van der Waals surface area contributed by atoms with Gasteiger partial charge in [-0.05, 0) is 11.0 Å². The maximum absolute atomic E-state index is 11.7. The van der Waals surface area contributed by atoms with E-state index in [4.69, 9.17) is 14.2 Å². The van der Waals surface area contributed by atoms with Crippen molar-refractivity contribution in [3.8, 4) is 0 Å². The molecule has 0 saturated carbocycles. The molecule has 120 valence electrons. The number of carbonyl (C=O) groups excluding carboxylic acids is 1. The van der Waals surface area contributed by atoms with E-state index in [1.165, 1.54) is 6.08 Å². The number of methoxy groups -OCH3 is 1. The summed E-state index contributed by atoms with van der Waals surface area (Å²) in [7, 11) is 1.57. The number of esters is 1. The van der Waals surface area contributed by atoms with Crippen molar-refractivity contribution in [2.75, 3.05) is 7.11 Å². The Balaban J connectivity index is 2.10. The Labute approximate surface area is 132 Å². The fourth-order valence-corrected chi connectivity index (χ4v) is 2.60. The van der Waals surface area contributed by atoms with Crippen molar-refractivity contribution in [3.63, 3.8) is 0 Å².